The summed E-state index contributed by atoms with van der Waals surface area (Å²) in [5.74, 6) is 2.09. The zero-order chi connectivity index (χ0) is 22.9. The predicted octanol–water partition coefficient (Wildman–Crippen LogP) is 4.08. The normalized spacial score (nSPS) is 16.8. The van der Waals surface area contributed by atoms with Crippen LogP contribution in [0.2, 0.25) is 0 Å². The number of fused-ring (bicyclic) bond motifs is 1. The van der Waals surface area contributed by atoms with Gasteiger partial charge >= 0.3 is 0 Å². The Morgan fingerprint density at radius 2 is 2.06 bits per heavy atom. The third-order valence-electron chi connectivity index (χ3n) is 5.31. The fraction of sp³-hybridized carbons (Fsp3) is 0.480. The van der Waals surface area contributed by atoms with Crippen LogP contribution in [0.3, 0.4) is 0 Å². The molecule has 7 nitrogen and oxygen atoms in total. The van der Waals surface area contributed by atoms with Crippen molar-refractivity contribution >= 4 is 17.6 Å². The number of nitrogens with one attached hydrogen (secondary N) is 3. The van der Waals surface area contributed by atoms with Crippen LogP contribution in [0.4, 0.5) is 5.69 Å². The van der Waals surface area contributed by atoms with Gasteiger partial charge in [-0.25, -0.2) is 9.98 Å². The summed E-state index contributed by atoms with van der Waals surface area (Å²) in [5.41, 5.74) is 3.08. The third-order valence-corrected chi connectivity index (χ3v) is 5.31. The second-order valence-electron chi connectivity index (χ2n) is 8.67. The van der Waals surface area contributed by atoms with E-state index >= 15 is 0 Å². The van der Waals surface area contributed by atoms with Crippen LogP contribution >= 0.6 is 0 Å². The molecule has 0 saturated carbocycles. The van der Waals surface area contributed by atoms with Gasteiger partial charge in [-0.3, -0.25) is 4.79 Å². The van der Waals surface area contributed by atoms with E-state index in [0.29, 0.717) is 31.3 Å². The molecule has 2 unspecified atom stereocenters. The molecule has 1 aromatic heterocycles. The lowest BCUT2D eigenvalue weighted by Crippen LogP contribution is -2.40. The zero-order valence-corrected chi connectivity index (χ0v) is 19.5. The Morgan fingerprint density at radius 3 is 2.84 bits per heavy atom. The van der Waals surface area contributed by atoms with Crippen LogP contribution in [0.1, 0.15) is 57.6 Å². The van der Waals surface area contributed by atoms with E-state index in [1.165, 1.54) is 0 Å². The first-order valence-electron chi connectivity index (χ1n) is 11.5. The van der Waals surface area contributed by atoms with Gasteiger partial charge in [0.15, 0.2) is 5.96 Å². The smallest absolute Gasteiger partial charge is 0.225 e. The molecular formula is C25H35N5O2. The van der Waals surface area contributed by atoms with Crippen molar-refractivity contribution in [3.8, 4) is 5.88 Å². The zero-order valence-electron chi connectivity index (χ0n) is 19.5. The first-order valence-corrected chi connectivity index (χ1v) is 11.5. The van der Waals surface area contributed by atoms with Crippen LogP contribution < -0.4 is 20.7 Å². The summed E-state index contributed by atoms with van der Waals surface area (Å²) in [4.78, 5) is 21.1. The predicted molar refractivity (Wildman–Crippen MR) is 129 cm³/mol. The first kappa shape index (κ1) is 23.6. The van der Waals surface area contributed by atoms with Crippen LogP contribution in [-0.4, -0.2) is 36.0 Å². The maximum absolute atomic E-state index is 12.1. The van der Waals surface area contributed by atoms with Crippen LogP contribution in [0.15, 0.2) is 47.6 Å². The van der Waals surface area contributed by atoms with Crippen LogP contribution in [-0.2, 0) is 11.3 Å². The number of aliphatic imine (C=N–C) groups is 1. The minimum atomic E-state index is 0.0495. The highest BCUT2D eigenvalue weighted by atomic mass is 16.5. The summed E-state index contributed by atoms with van der Waals surface area (Å²) in [6.45, 7) is 10.4. The fourth-order valence-corrected chi connectivity index (χ4v) is 3.95. The van der Waals surface area contributed by atoms with Gasteiger partial charge in [0, 0.05) is 43.4 Å². The maximum Gasteiger partial charge on any atom is 0.225 e. The SMILES string of the molecule is CCNC(=NCc1ccnc(OC(C)CC(C)C)c1)NCC1CC(=O)Nc2ccccc21. The summed E-state index contributed by atoms with van der Waals surface area (Å²) in [6.07, 6.45) is 3.33. The Labute approximate surface area is 191 Å². The highest BCUT2D eigenvalue weighted by Crippen LogP contribution is 2.31. The number of ether oxygens (including phenoxy) is 1. The molecule has 0 saturated heterocycles. The number of amides is 1. The summed E-state index contributed by atoms with van der Waals surface area (Å²) >= 11 is 0. The lowest BCUT2D eigenvalue weighted by molar-refractivity contribution is -0.116. The molecule has 1 aliphatic heterocycles. The lowest BCUT2D eigenvalue weighted by Gasteiger charge is -2.26. The number of pyridine rings is 1. The van der Waals surface area contributed by atoms with E-state index in [1.807, 2.05) is 37.3 Å². The number of benzene rings is 1. The quantitative estimate of drug-likeness (QED) is 0.406. The summed E-state index contributed by atoms with van der Waals surface area (Å²) in [5, 5.41) is 9.64. The van der Waals surface area contributed by atoms with Gasteiger partial charge in [0.2, 0.25) is 11.8 Å². The van der Waals surface area contributed by atoms with Gasteiger partial charge in [-0.05, 0) is 49.4 Å². The molecule has 2 heterocycles. The number of para-hydroxylation sites is 1. The molecule has 172 valence electrons. The lowest BCUT2D eigenvalue weighted by atomic mass is 9.90. The van der Waals surface area contributed by atoms with E-state index in [9.17, 15) is 4.79 Å². The average molecular weight is 438 g/mol. The number of carbonyl (C=O) groups is 1. The molecule has 0 fully saturated rings. The Hall–Kier alpha value is -3.09. The molecule has 3 N–H and O–H groups in total. The molecule has 1 aromatic carbocycles. The molecular weight excluding hydrogens is 402 g/mol. The number of anilines is 1. The molecule has 0 bridgehead atoms. The molecule has 2 atom stereocenters. The topological polar surface area (TPSA) is 87.6 Å². The second kappa shape index (κ2) is 11.5. The molecule has 0 radical (unpaired) electrons. The number of hydrogen-bond acceptors (Lipinski definition) is 4. The van der Waals surface area contributed by atoms with Crippen LogP contribution in [0.25, 0.3) is 0 Å². The molecule has 7 heteroatoms. The van der Waals surface area contributed by atoms with Gasteiger partial charge in [-0.2, -0.15) is 0 Å². The first-order chi connectivity index (χ1) is 15.4. The van der Waals surface area contributed by atoms with Crippen molar-refractivity contribution < 1.29 is 9.53 Å². The summed E-state index contributed by atoms with van der Waals surface area (Å²) in [6, 6.07) is 11.9. The van der Waals surface area contributed by atoms with Crippen molar-refractivity contribution in [3.63, 3.8) is 0 Å². The summed E-state index contributed by atoms with van der Waals surface area (Å²) < 4.78 is 5.96. The van der Waals surface area contributed by atoms with E-state index in [1.54, 1.807) is 6.20 Å². The van der Waals surface area contributed by atoms with Crippen LogP contribution in [0, 0.1) is 5.92 Å². The van der Waals surface area contributed by atoms with Crippen molar-refractivity contribution in [1.29, 1.82) is 0 Å². The van der Waals surface area contributed by atoms with Gasteiger partial charge in [0.1, 0.15) is 0 Å². The highest BCUT2D eigenvalue weighted by molar-refractivity contribution is 5.94. The molecule has 1 amide bonds. The third kappa shape index (κ3) is 6.97. The highest BCUT2D eigenvalue weighted by Gasteiger charge is 2.24. The Kier molecular flexibility index (Phi) is 8.48. The number of hydrogen-bond donors (Lipinski definition) is 3. The van der Waals surface area contributed by atoms with Crippen molar-refractivity contribution in [3.05, 3.63) is 53.7 Å². The monoisotopic (exact) mass is 437 g/mol. The van der Waals surface area contributed by atoms with Crippen LogP contribution in [0.5, 0.6) is 5.88 Å². The van der Waals surface area contributed by atoms with Gasteiger partial charge < -0.3 is 20.7 Å². The molecule has 32 heavy (non-hydrogen) atoms. The van der Waals surface area contributed by atoms with Crippen molar-refractivity contribution in [2.45, 2.75) is 59.1 Å². The van der Waals surface area contributed by atoms with E-state index in [-0.39, 0.29) is 17.9 Å². The fourth-order valence-electron chi connectivity index (χ4n) is 3.95. The molecule has 0 spiro atoms. The molecule has 2 aromatic rings. The summed E-state index contributed by atoms with van der Waals surface area (Å²) in [7, 11) is 0. The minimum Gasteiger partial charge on any atom is -0.475 e. The average Bonchev–Trinajstić information content (AvgIpc) is 2.75. The largest absolute Gasteiger partial charge is 0.475 e. The molecule has 1 aliphatic rings. The number of nitrogens with zero attached hydrogens (tertiary/aromatic N) is 2. The van der Waals surface area contributed by atoms with Crippen molar-refractivity contribution in [2.75, 3.05) is 18.4 Å². The van der Waals surface area contributed by atoms with E-state index in [4.69, 9.17) is 9.73 Å². The maximum atomic E-state index is 12.1. The van der Waals surface area contributed by atoms with Gasteiger partial charge in [0.25, 0.3) is 0 Å². The Balaban J connectivity index is 1.62. The minimum absolute atomic E-state index is 0.0495. The number of aromatic nitrogens is 1. The van der Waals surface area contributed by atoms with E-state index < -0.39 is 0 Å². The van der Waals surface area contributed by atoms with E-state index in [2.05, 4.69) is 47.8 Å². The van der Waals surface area contributed by atoms with Gasteiger partial charge in [0.05, 0.1) is 12.6 Å². The standard InChI is InChI=1S/C25H35N5O2/c1-5-26-25(29-16-20-14-23(31)30-22-9-7-6-8-21(20)22)28-15-19-10-11-27-24(13-19)32-18(4)12-17(2)3/h6-11,13,17-18,20H,5,12,14-16H2,1-4H3,(H,30,31)(H2,26,28,29). The molecule has 0 aliphatic carbocycles. The Bertz CT molecular complexity index is 928. The van der Waals surface area contributed by atoms with Crippen molar-refractivity contribution in [2.24, 2.45) is 10.9 Å². The Morgan fingerprint density at radius 1 is 1.25 bits per heavy atom. The van der Waals surface area contributed by atoms with Crippen molar-refractivity contribution in [1.82, 2.24) is 15.6 Å². The number of guanidine groups is 1. The number of carbonyl (C=O) groups excluding carboxylic acids is 1. The van der Waals surface area contributed by atoms with Gasteiger partial charge in [-0.15, -0.1) is 0 Å². The van der Waals surface area contributed by atoms with Gasteiger partial charge in [-0.1, -0.05) is 32.0 Å². The second-order valence-corrected chi connectivity index (χ2v) is 8.67. The molecule has 3 rings (SSSR count). The number of rotatable bonds is 9. The van der Waals surface area contributed by atoms with E-state index in [0.717, 1.165) is 35.7 Å².